The Morgan fingerprint density at radius 2 is 1.94 bits per heavy atom. The summed E-state index contributed by atoms with van der Waals surface area (Å²) in [5, 5.41) is 3.15. The Hall–Kier alpha value is -1.14. The Morgan fingerprint density at radius 3 is 2.50 bits per heavy atom. The van der Waals surface area contributed by atoms with Crippen LogP contribution in [0.2, 0.25) is 0 Å². The van der Waals surface area contributed by atoms with Crippen molar-refractivity contribution in [3.05, 3.63) is 0 Å². The van der Waals surface area contributed by atoms with Gasteiger partial charge in [0.2, 0.25) is 0 Å². The van der Waals surface area contributed by atoms with Gasteiger partial charge in [0.1, 0.15) is 0 Å². The van der Waals surface area contributed by atoms with E-state index in [9.17, 15) is 9.59 Å². The van der Waals surface area contributed by atoms with Gasteiger partial charge in [-0.2, -0.15) is 0 Å². The Morgan fingerprint density at radius 1 is 1.33 bits per heavy atom. The maximum absolute atomic E-state index is 11.9. The number of hydrogen-bond donors (Lipinski definition) is 1. The third-order valence-corrected chi connectivity index (χ3v) is 2.81. The molecule has 0 unspecified atom stereocenters. The number of piperazine rings is 1. The summed E-state index contributed by atoms with van der Waals surface area (Å²) in [4.78, 5) is 26.8. The van der Waals surface area contributed by atoms with E-state index in [2.05, 4.69) is 5.32 Å². The topological polar surface area (TPSA) is 61.9 Å². The van der Waals surface area contributed by atoms with Crippen molar-refractivity contribution in [3.63, 3.8) is 0 Å². The summed E-state index contributed by atoms with van der Waals surface area (Å²) in [6, 6.07) is 0. The van der Waals surface area contributed by atoms with E-state index in [0.717, 1.165) is 13.1 Å². The third-order valence-electron chi connectivity index (χ3n) is 2.81. The van der Waals surface area contributed by atoms with E-state index in [0.29, 0.717) is 26.2 Å². The first-order valence-corrected chi connectivity index (χ1v) is 6.39. The molecule has 2 amide bonds. The van der Waals surface area contributed by atoms with Crippen LogP contribution in [0.3, 0.4) is 0 Å². The molecule has 1 saturated heterocycles. The molecule has 1 aliphatic heterocycles. The number of hydrogen-bond acceptors (Lipinski definition) is 4. The van der Waals surface area contributed by atoms with Crippen molar-refractivity contribution >= 4 is 11.8 Å². The molecule has 0 aromatic rings. The van der Waals surface area contributed by atoms with Crippen molar-refractivity contribution in [2.45, 2.75) is 20.0 Å². The van der Waals surface area contributed by atoms with E-state index in [1.165, 1.54) is 4.90 Å². The molecule has 1 rings (SSSR count). The van der Waals surface area contributed by atoms with Crippen molar-refractivity contribution in [2.24, 2.45) is 0 Å². The summed E-state index contributed by atoms with van der Waals surface area (Å²) in [6.45, 7) is 7.46. The second-order valence-corrected chi connectivity index (χ2v) is 4.69. The molecule has 0 aliphatic carbocycles. The van der Waals surface area contributed by atoms with Crippen molar-refractivity contribution in [1.29, 1.82) is 0 Å². The standard InChI is InChI=1S/C12H23N3O3/c1-10(2)18-9-8-14(3)11(16)12(17)15-6-4-13-5-7-15/h10,13H,4-9H2,1-3H3. The van der Waals surface area contributed by atoms with Crippen LogP contribution in [0, 0.1) is 0 Å². The molecule has 0 radical (unpaired) electrons. The summed E-state index contributed by atoms with van der Waals surface area (Å²) in [5.41, 5.74) is 0. The molecule has 0 bridgehead atoms. The van der Waals surface area contributed by atoms with Crippen LogP contribution < -0.4 is 5.32 Å². The van der Waals surface area contributed by atoms with Crippen molar-refractivity contribution in [3.8, 4) is 0 Å². The van der Waals surface area contributed by atoms with Gasteiger partial charge < -0.3 is 19.9 Å². The lowest BCUT2D eigenvalue weighted by atomic mass is 10.3. The zero-order valence-electron chi connectivity index (χ0n) is 11.4. The zero-order chi connectivity index (χ0) is 13.5. The molecular formula is C12H23N3O3. The van der Waals surface area contributed by atoms with Gasteiger partial charge in [-0.3, -0.25) is 9.59 Å². The number of rotatable bonds is 4. The zero-order valence-corrected chi connectivity index (χ0v) is 11.4. The van der Waals surface area contributed by atoms with E-state index in [-0.39, 0.29) is 6.10 Å². The maximum atomic E-state index is 11.9. The summed E-state index contributed by atoms with van der Waals surface area (Å²) < 4.78 is 5.36. The van der Waals surface area contributed by atoms with Crippen molar-refractivity contribution in [1.82, 2.24) is 15.1 Å². The minimum atomic E-state index is -0.454. The molecule has 0 aromatic heterocycles. The predicted octanol–water partition coefficient (Wildman–Crippen LogP) is -0.698. The van der Waals surface area contributed by atoms with Gasteiger partial charge in [-0.05, 0) is 13.8 Å². The van der Waals surface area contributed by atoms with Crippen LogP contribution in [0.5, 0.6) is 0 Å². The van der Waals surface area contributed by atoms with Crippen LogP contribution in [0.1, 0.15) is 13.8 Å². The van der Waals surface area contributed by atoms with Gasteiger partial charge in [0, 0.05) is 39.8 Å². The van der Waals surface area contributed by atoms with Crippen molar-refractivity contribution < 1.29 is 14.3 Å². The molecule has 1 heterocycles. The minimum Gasteiger partial charge on any atom is -0.377 e. The number of ether oxygens (including phenoxy) is 1. The molecule has 1 N–H and O–H groups in total. The highest BCUT2D eigenvalue weighted by Gasteiger charge is 2.25. The largest absolute Gasteiger partial charge is 0.377 e. The minimum absolute atomic E-state index is 0.136. The third kappa shape index (κ3) is 4.62. The molecule has 0 saturated carbocycles. The second-order valence-electron chi connectivity index (χ2n) is 4.69. The Balaban J connectivity index is 2.35. The first kappa shape index (κ1) is 14.9. The van der Waals surface area contributed by atoms with Crippen LogP contribution in [0.4, 0.5) is 0 Å². The number of amides is 2. The van der Waals surface area contributed by atoms with Gasteiger partial charge in [0.25, 0.3) is 0 Å². The predicted molar refractivity (Wildman–Crippen MR) is 68.2 cm³/mol. The Labute approximate surface area is 108 Å². The van der Waals surface area contributed by atoms with Crippen LogP contribution in [0.15, 0.2) is 0 Å². The molecule has 0 spiro atoms. The van der Waals surface area contributed by atoms with Gasteiger partial charge in [0.15, 0.2) is 0 Å². The van der Waals surface area contributed by atoms with Crippen LogP contribution in [-0.4, -0.2) is 74.1 Å². The SMILES string of the molecule is CC(C)OCCN(C)C(=O)C(=O)N1CCNCC1. The fraction of sp³-hybridized carbons (Fsp3) is 0.833. The number of nitrogens with zero attached hydrogens (tertiary/aromatic N) is 2. The van der Waals surface area contributed by atoms with Crippen LogP contribution in [0.25, 0.3) is 0 Å². The molecule has 1 fully saturated rings. The fourth-order valence-corrected chi connectivity index (χ4v) is 1.69. The highest BCUT2D eigenvalue weighted by molar-refractivity contribution is 6.34. The molecule has 6 nitrogen and oxygen atoms in total. The summed E-state index contributed by atoms with van der Waals surface area (Å²) in [5.74, 6) is -0.868. The van der Waals surface area contributed by atoms with Gasteiger partial charge in [0.05, 0.1) is 12.7 Å². The monoisotopic (exact) mass is 257 g/mol. The summed E-state index contributed by atoms with van der Waals surface area (Å²) >= 11 is 0. The van der Waals surface area contributed by atoms with Gasteiger partial charge in [-0.25, -0.2) is 0 Å². The number of carbonyl (C=O) groups is 2. The molecule has 18 heavy (non-hydrogen) atoms. The lowest BCUT2D eigenvalue weighted by molar-refractivity contribution is -0.151. The Bertz CT molecular complexity index is 288. The van der Waals surface area contributed by atoms with Crippen molar-refractivity contribution in [2.75, 3.05) is 46.4 Å². The normalized spacial score (nSPS) is 15.9. The van der Waals surface area contributed by atoms with Crippen LogP contribution >= 0.6 is 0 Å². The van der Waals surface area contributed by atoms with Gasteiger partial charge in [-0.1, -0.05) is 0 Å². The second kappa shape index (κ2) is 7.33. The lowest BCUT2D eigenvalue weighted by Gasteiger charge is -2.28. The fourth-order valence-electron chi connectivity index (χ4n) is 1.69. The van der Waals surface area contributed by atoms with Gasteiger partial charge in [-0.15, -0.1) is 0 Å². The van der Waals surface area contributed by atoms with E-state index >= 15 is 0 Å². The molecule has 1 aliphatic rings. The van der Waals surface area contributed by atoms with E-state index < -0.39 is 11.8 Å². The highest BCUT2D eigenvalue weighted by atomic mass is 16.5. The molecule has 6 heteroatoms. The molecule has 0 atom stereocenters. The van der Waals surface area contributed by atoms with E-state index in [1.54, 1.807) is 11.9 Å². The molecule has 0 aromatic carbocycles. The van der Waals surface area contributed by atoms with Crippen LogP contribution in [-0.2, 0) is 14.3 Å². The number of nitrogens with one attached hydrogen (secondary N) is 1. The number of likely N-dealkylation sites (N-methyl/N-ethyl adjacent to an activating group) is 1. The average molecular weight is 257 g/mol. The lowest BCUT2D eigenvalue weighted by Crippen LogP contribution is -2.51. The summed E-state index contributed by atoms with van der Waals surface area (Å²) in [6.07, 6.45) is 0.136. The molecular weight excluding hydrogens is 234 g/mol. The average Bonchev–Trinajstić information content (AvgIpc) is 2.37. The first-order chi connectivity index (χ1) is 8.52. The molecule has 104 valence electrons. The van der Waals surface area contributed by atoms with E-state index in [1.807, 2.05) is 13.8 Å². The maximum Gasteiger partial charge on any atom is 0.312 e. The van der Waals surface area contributed by atoms with E-state index in [4.69, 9.17) is 4.74 Å². The number of carbonyl (C=O) groups excluding carboxylic acids is 2. The summed E-state index contributed by atoms with van der Waals surface area (Å²) in [7, 11) is 1.63. The highest BCUT2D eigenvalue weighted by Crippen LogP contribution is 1.98. The smallest absolute Gasteiger partial charge is 0.312 e. The quantitative estimate of drug-likeness (QED) is 0.677. The van der Waals surface area contributed by atoms with Gasteiger partial charge >= 0.3 is 11.8 Å². The first-order valence-electron chi connectivity index (χ1n) is 6.39. The Kier molecular flexibility index (Phi) is 6.07.